The Kier molecular flexibility index (Phi) is 5.34. The van der Waals surface area contributed by atoms with Gasteiger partial charge in [-0.3, -0.25) is 13.9 Å². The lowest BCUT2D eigenvalue weighted by Gasteiger charge is -2.15. The highest BCUT2D eigenvalue weighted by Gasteiger charge is 2.18. The number of hydrogen-bond donors (Lipinski definition) is 3. The van der Waals surface area contributed by atoms with Crippen LogP contribution in [-0.2, 0) is 20.6 Å². The fraction of sp³-hybridized carbons (Fsp3) is 0.643. The number of nitrogens with zero attached hydrogens (tertiary/aromatic N) is 4. The third-order valence-electron chi connectivity index (χ3n) is 4.13. The molecule has 0 bridgehead atoms. The number of aromatic nitrogens is 4. The number of aliphatic hydroxyl groups excluding tert-OH is 2. The van der Waals surface area contributed by atoms with Gasteiger partial charge in [-0.25, -0.2) is 9.78 Å². The van der Waals surface area contributed by atoms with Crippen molar-refractivity contribution in [3.63, 3.8) is 0 Å². The first kappa shape index (κ1) is 17.4. The van der Waals surface area contributed by atoms with Crippen molar-refractivity contribution >= 4 is 11.2 Å². The lowest BCUT2D eigenvalue weighted by molar-refractivity contribution is -0.696. The van der Waals surface area contributed by atoms with Crippen molar-refractivity contribution in [2.45, 2.75) is 32.0 Å². The smallest absolute Gasteiger partial charge is 0.332 e. The van der Waals surface area contributed by atoms with Crippen molar-refractivity contribution in [2.24, 2.45) is 14.1 Å². The van der Waals surface area contributed by atoms with E-state index in [1.807, 2.05) is 12.2 Å². The van der Waals surface area contributed by atoms with Gasteiger partial charge in [0.1, 0.15) is 18.7 Å². The molecule has 0 saturated carbocycles. The normalized spacial score (nSPS) is 14.3. The molecule has 4 N–H and O–H groups in total. The molecule has 23 heavy (non-hydrogen) atoms. The van der Waals surface area contributed by atoms with Crippen LogP contribution in [0.5, 0.6) is 0 Å². The predicted octanol–water partition coefficient (Wildman–Crippen LogP) is -2.87. The van der Waals surface area contributed by atoms with Gasteiger partial charge in [-0.15, -0.1) is 0 Å². The van der Waals surface area contributed by atoms with E-state index < -0.39 is 17.4 Å². The van der Waals surface area contributed by atoms with E-state index in [2.05, 4.69) is 4.98 Å². The lowest BCUT2D eigenvalue weighted by Crippen LogP contribution is -2.92. The van der Waals surface area contributed by atoms with E-state index in [0.717, 1.165) is 11.0 Å². The van der Waals surface area contributed by atoms with Gasteiger partial charge in [0.05, 0.1) is 19.5 Å². The predicted molar refractivity (Wildman–Crippen MR) is 84.2 cm³/mol. The molecular formula is C14H24N5O4+. The van der Waals surface area contributed by atoms with Crippen LogP contribution in [0.1, 0.15) is 13.3 Å². The topological polar surface area (TPSA) is 119 Å². The molecule has 2 atom stereocenters. The molecule has 9 heteroatoms. The first-order valence-electron chi connectivity index (χ1n) is 7.63. The summed E-state index contributed by atoms with van der Waals surface area (Å²) in [5.41, 5.74) is -0.271. The van der Waals surface area contributed by atoms with Gasteiger partial charge in [-0.05, 0) is 6.42 Å². The van der Waals surface area contributed by atoms with E-state index in [1.54, 1.807) is 11.6 Å². The average molecular weight is 326 g/mol. The van der Waals surface area contributed by atoms with Crippen LogP contribution >= 0.6 is 0 Å². The molecule has 0 fully saturated rings. The number of rotatable bonds is 7. The Hall–Kier alpha value is -1.97. The highest BCUT2D eigenvalue weighted by molar-refractivity contribution is 5.69. The monoisotopic (exact) mass is 326 g/mol. The summed E-state index contributed by atoms with van der Waals surface area (Å²) in [6.45, 7) is 2.63. The van der Waals surface area contributed by atoms with Gasteiger partial charge in [0.15, 0.2) is 11.2 Å². The Balaban J connectivity index is 2.25. The van der Waals surface area contributed by atoms with Crippen LogP contribution in [0.3, 0.4) is 0 Å². The van der Waals surface area contributed by atoms with E-state index in [0.29, 0.717) is 17.7 Å². The zero-order valence-corrected chi connectivity index (χ0v) is 13.6. The summed E-state index contributed by atoms with van der Waals surface area (Å²) in [5, 5.41) is 21.2. The molecule has 0 unspecified atom stereocenters. The van der Waals surface area contributed by atoms with Crippen molar-refractivity contribution in [3.05, 3.63) is 27.2 Å². The van der Waals surface area contributed by atoms with Gasteiger partial charge in [0.25, 0.3) is 5.56 Å². The minimum Gasteiger partial charge on any atom is -0.390 e. The van der Waals surface area contributed by atoms with Gasteiger partial charge in [-0.1, -0.05) is 6.92 Å². The lowest BCUT2D eigenvalue weighted by atomic mass is 10.2. The summed E-state index contributed by atoms with van der Waals surface area (Å²) in [6, 6.07) is 0.0536. The molecule has 0 spiro atoms. The molecule has 2 aromatic rings. The van der Waals surface area contributed by atoms with Gasteiger partial charge in [-0.2, -0.15) is 0 Å². The molecular weight excluding hydrogens is 302 g/mol. The average Bonchev–Trinajstić information content (AvgIpc) is 2.95. The maximum absolute atomic E-state index is 12.3. The second kappa shape index (κ2) is 7.07. The largest absolute Gasteiger partial charge is 0.390 e. The molecule has 9 nitrogen and oxygen atoms in total. The third-order valence-corrected chi connectivity index (χ3v) is 4.13. The van der Waals surface area contributed by atoms with Crippen LogP contribution in [0.15, 0.2) is 15.9 Å². The molecule has 0 aliphatic carbocycles. The number of hydrogen-bond acceptors (Lipinski definition) is 5. The van der Waals surface area contributed by atoms with Crippen LogP contribution in [0.25, 0.3) is 11.2 Å². The number of aryl methyl sites for hydroxylation is 1. The van der Waals surface area contributed by atoms with Crippen molar-refractivity contribution in [2.75, 3.05) is 13.2 Å². The zero-order valence-electron chi connectivity index (χ0n) is 13.6. The quantitative estimate of drug-likeness (QED) is 0.505. The first-order chi connectivity index (χ1) is 10.9. The molecule has 2 aromatic heterocycles. The summed E-state index contributed by atoms with van der Waals surface area (Å²) < 4.78 is 3.90. The molecule has 128 valence electrons. The summed E-state index contributed by atoms with van der Waals surface area (Å²) in [7, 11) is 2.97. The molecule has 2 heterocycles. The van der Waals surface area contributed by atoms with Crippen molar-refractivity contribution in [1.82, 2.24) is 18.7 Å². The molecule has 0 saturated heterocycles. The van der Waals surface area contributed by atoms with Crippen molar-refractivity contribution < 1.29 is 15.5 Å². The maximum Gasteiger partial charge on any atom is 0.332 e. The van der Waals surface area contributed by atoms with Gasteiger partial charge >= 0.3 is 5.69 Å². The van der Waals surface area contributed by atoms with Crippen LogP contribution in [0.4, 0.5) is 0 Å². The number of fused-ring (bicyclic) bond motifs is 1. The number of nitrogens with two attached hydrogens (primary N) is 1. The molecule has 0 aliphatic rings. The fourth-order valence-corrected chi connectivity index (χ4v) is 2.56. The summed E-state index contributed by atoms with van der Waals surface area (Å²) in [4.78, 5) is 28.3. The summed E-state index contributed by atoms with van der Waals surface area (Å²) >= 11 is 0. The number of aliphatic hydroxyl groups is 2. The Bertz CT molecular complexity index is 787. The minimum atomic E-state index is -0.699. The highest BCUT2D eigenvalue weighted by atomic mass is 16.3. The summed E-state index contributed by atoms with van der Waals surface area (Å²) in [6.07, 6.45) is 1.56. The second-order valence-electron chi connectivity index (χ2n) is 5.75. The minimum absolute atomic E-state index is 0.0536. The van der Waals surface area contributed by atoms with Crippen LogP contribution in [0, 0.1) is 0 Å². The van der Waals surface area contributed by atoms with Crippen molar-refractivity contribution in [3.8, 4) is 0 Å². The second-order valence-corrected chi connectivity index (χ2v) is 5.75. The SMILES string of the molecule is CC[C@@H](CO)[NH2+]C[C@@H](O)Cn1cnc2c1c(=O)n(C)c(=O)n2C. The Morgan fingerprint density at radius 3 is 2.61 bits per heavy atom. The Labute approximate surface area is 132 Å². The fourth-order valence-electron chi connectivity index (χ4n) is 2.56. The van der Waals surface area contributed by atoms with E-state index in [9.17, 15) is 14.7 Å². The number of quaternary nitrogens is 1. The van der Waals surface area contributed by atoms with Crippen LogP contribution in [-0.4, -0.2) is 54.2 Å². The van der Waals surface area contributed by atoms with Crippen molar-refractivity contribution in [1.29, 1.82) is 0 Å². The van der Waals surface area contributed by atoms with E-state index in [4.69, 9.17) is 5.11 Å². The molecule has 0 amide bonds. The first-order valence-corrected chi connectivity index (χ1v) is 7.63. The van der Waals surface area contributed by atoms with Gasteiger partial charge < -0.3 is 20.1 Å². The van der Waals surface area contributed by atoms with E-state index >= 15 is 0 Å². The Morgan fingerprint density at radius 2 is 2.00 bits per heavy atom. The highest BCUT2D eigenvalue weighted by Crippen LogP contribution is 2.06. The molecule has 0 radical (unpaired) electrons. The molecule has 0 aromatic carbocycles. The molecule has 0 aliphatic heterocycles. The maximum atomic E-state index is 12.3. The van der Waals surface area contributed by atoms with Gasteiger partial charge in [0, 0.05) is 14.1 Å². The van der Waals surface area contributed by atoms with Crippen LogP contribution in [0.2, 0.25) is 0 Å². The zero-order chi connectivity index (χ0) is 17.1. The van der Waals surface area contributed by atoms with E-state index in [-0.39, 0.29) is 19.2 Å². The van der Waals surface area contributed by atoms with E-state index in [1.165, 1.54) is 17.9 Å². The molecule has 2 rings (SSSR count). The van der Waals surface area contributed by atoms with Gasteiger partial charge in [0.2, 0.25) is 0 Å². The standard InChI is InChI=1S/C14H23N5O4/c1-4-9(7-20)15-5-10(21)6-19-8-16-12-11(19)13(22)18(3)14(23)17(12)2/h8-10,15,20-21H,4-7H2,1-3H3/p+1/t9-,10+/m0/s1. The third kappa shape index (κ3) is 3.36. The number of imidazole rings is 1. The summed E-state index contributed by atoms with van der Waals surface area (Å²) in [5.74, 6) is 0. The Morgan fingerprint density at radius 1 is 1.30 bits per heavy atom. The van der Waals surface area contributed by atoms with Crippen LogP contribution < -0.4 is 16.6 Å².